The molecule has 3 heterocycles. The summed E-state index contributed by atoms with van der Waals surface area (Å²) in [5.74, 6) is -1.13. The molecule has 47 heavy (non-hydrogen) atoms. The normalized spacial score (nSPS) is 20.9. The van der Waals surface area contributed by atoms with Gasteiger partial charge >= 0.3 is 12.4 Å². The number of aryl methyl sites for hydroxylation is 1. The molecule has 0 N–H and O–H groups in total. The van der Waals surface area contributed by atoms with E-state index in [4.69, 9.17) is 11.6 Å². The number of anilines is 1. The topological polar surface area (TPSA) is 64.2 Å². The summed E-state index contributed by atoms with van der Waals surface area (Å²) in [7, 11) is 0. The molecule has 3 amide bonds. The van der Waals surface area contributed by atoms with Crippen molar-refractivity contribution in [1.82, 2.24) is 14.7 Å². The van der Waals surface area contributed by atoms with Crippen molar-refractivity contribution in [2.45, 2.75) is 45.5 Å². The highest BCUT2D eigenvalue weighted by Crippen LogP contribution is 2.39. The van der Waals surface area contributed by atoms with Crippen molar-refractivity contribution in [3.05, 3.63) is 63.7 Å². The molecule has 256 valence electrons. The first kappa shape index (κ1) is 35.0. The number of amides is 3. The second-order valence-electron chi connectivity index (χ2n) is 12.8. The van der Waals surface area contributed by atoms with Crippen LogP contribution in [0.5, 0.6) is 0 Å². The number of rotatable bonds is 7. The molecule has 14 heteroatoms. The lowest BCUT2D eigenvalue weighted by Gasteiger charge is -2.34. The van der Waals surface area contributed by atoms with Crippen LogP contribution in [0.4, 0.5) is 32.0 Å². The second kappa shape index (κ2) is 13.7. The Morgan fingerprint density at radius 2 is 1.51 bits per heavy atom. The van der Waals surface area contributed by atoms with Gasteiger partial charge in [0, 0.05) is 69.4 Å². The minimum Gasteiger partial charge on any atom is -0.343 e. The predicted octanol–water partition coefficient (Wildman–Crippen LogP) is 6.37. The number of likely N-dealkylation sites (tertiary alicyclic amines) is 3. The molecule has 3 fully saturated rings. The Balaban J connectivity index is 1.19. The molecule has 0 aliphatic carbocycles. The molecule has 0 aromatic heterocycles. The fourth-order valence-electron chi connectivity index (χ4n) is 6.98. The fraction of sp³-hybridized carbons (Fsp3) is 0.545. The highest BCUT2D eigenvalue weighted by Gasteiger charge is 2.44. The lowest BCUT2D eigenvalue weighted by molar-refractivity contribution is -0.143. The molecule has 2 atom stereocenters. The van der Waals surface area contributed by atoms with Gasteiger partial charge in [0.2, 0.25) is 11.8 Å². The number of carbonyl (C=O) groups excluding carboxylic acids is 3. The van der Waals surface area contributed by atoms with Crippen LogP contribution in [0, 0.1) is 24.7 Å². The average molecular weight is 687 g/mol. The molecule has 5 rings (SSSR count). The Morgan fingerprint density at radius 3 is 2.06 bits per heavy atom. The van der Waals surface area contributed by atoms with Crippen molar-refractivity contribution in [3.8, 4) is 0 Å². The van der Waals surface area contributed by atoms with Gasteiger partial charge in [0.1, 0.15) is 0 Å². The number of carbonyl (C=O) groups is 3. The van der Waals surface area contributed by atoms with Gasteiger partial charge in [-0.1, -0.05) is 17.7 Å². The first-order valence-corrected chi connectivity index (χ1v) is 16.0. The summed E-state index contributed by atoms with van der Waals surface area (Å²) in [5, 5.41) is 0.553. The van der Waals surface area contributed by atoms with Crippen molar-refractivity contribution in [1.29, 1.82) is 0 Å². The number of piperidine rings is 1. The van der Waals surface area contributed by atoms with E-state index in [2.05, 4.69) is 4.90 Å². The third-order valence-electron chi connectivity index (χ3n) is 9.61. The smallest absolute Gasteiger partial charge is 0.343 e. The number of hydrogen-bond acceptors (Lipinski definition) is 4. The number of halogens is 7. The van der Waals surface area contributed by atoms with E-state index in [-0.39, 0.29) is 48.7 Å². The van der Waals surface area contributed by atoms with Gasteiger partial charge < -0.3 is 19.6 Å². The van der Waals surface area contributed by atoms with Gasteiger partial charge in [-0.15, -0.1) is 0 Å². The van der Waals surface area contributed by atoms with Crippen molar-refractivity contribution >= 4 is 35.0 Å². The quantitative estimate of drug-likeness (QED) is 0.318. The highest BCUT2D eigenvalue weighted by atomic mass is 35.5. The maximum atomic E-state index is 13.7. The van der Waals surface area contributed by atoms with Crippen LogP contribution in [0.1, 0.15) is 53.2 Å². The summed E-state index contributed by atoms with van der Waals surface area (Å²) in [6.07, 6.45) is -8.29. The zero-order chi connectivity index (χ0) is 34.3. The number of benzene rings is 2. The Bertz CT molecular complexity index is 1490. The lowest BCUT2D eigenvalue weighted by atomic mass is 9.94. The van der Waals surface area contributed by atoms with Crippen LogP contribution in [-0.2, 0) is 21.9 Å². The van der Waals surface area contributed by atoms with Gasteiger partial charge in [0.15, 0.2) is 0 Å². The minimum atomic E-state index is -5.12. The van der Waals surface area contributed by atoms with E-state index in [9.17, 15) is 40.7 Å². The number of nitrogens with zero attached hydrogens (tertiary/aromatic N) is 4. The van der Waals surface area contributed by atoms with E-state index < -0.39 is 35.0 Å². The maximum Gasteiger partial charge on any atom is 0.417 e. The molecule has 2 aromatic carbocycles. The van der Waals surface area contributed by atoms with Crippen LogP contribution >= 0.6 is 11.6 Å². The van der Waals surface area contributed by atoms with E-state index in [0.717, 1.165) is 5.56 Å². The van der Waals surface area contributed by atoms with Crippen LogP contribution in [-0.4, -0.2) is 84.8 Å². The number of fused-ring (bicyclic) bond motifs is 1. The first-order chi connectivity index (χ1) is 22.0. The molecule has 2 aromatic rings. The van der Waals surface area contributed by atoms with Crippen molar-refractivity contribution in [2.24, 2.45) is 17.8 Å². The molecule has 3 aliphatic rings. The monoisotopic (exact) mass is 686 g/mol. The van der Waals surface area contributed by atoms with Crippen LogP contribution < -0.4 is 4.90 Å². The molecular formula is C33H37ClF6N4O3. The van der Waals surface area contributed by atoms with Gasteiger partial charge in [-0.3, -0.25) is 14.4 Å². The van der Waals surface area contributed by atoms with Gasteiger partial charge in [0.25, 0.3) is 5.91 Å². The molecule has 0 radical (unpaired) electrons. The molecule has 0 saturated carbocycles. The Hall–Kier alpha value is -3.32. The summed E-state index contributed by atoms with van der Waals surface area (Å²) in [6, 6.07) is 6.65. The molecule has 3 aliphatic heterocycles. The third kappa shape index (κ3) is 7.88. The molecule has 3 saturated heterocycles. The SMILES string of the molecule is CC(=O)N1CCC(C(=O)N(CCCN2CC3CN(C(=O)c4ccc(C(F)(F)F)cc4C(F)(F)F)CC3C2)c2ccc(C)c(Cl)c2)CC1. The molecular weight excluding hydrogens is 650 g/mol. The zero-order valence-corrected chi connectivity index (χ0v) is 26.9. The molecule has 7 nitrogen and oxygen atoms in total. The van der Waals surface area contributed by atoms with Crippen molar-refractivity contribution in [3.63, 3.8) is 0 Å². The average Bonchev–Trinajstić information content (AvgIpc) is 3.58. The summed E-state index contributed by atoms with van der Waals surface area (Å²) < 4.78 is 80.3. The van der Waals surface area contributed by atoms with Crippen LogP contribution in [0.15, 0.2) is 36.4 Å². The number of alkyl halides is 6. The summed E-state index contributed by atoms with van der Waals surface area (Å²) >= 11 is 6.40. The molecule has 2 unspecified atom stereocenters. The van der Waals surface area contributed by atoms with Crippen LogP contribution in [0.2, 0.25) is 5.02 Å². The predicted molar refractivity (Wildman–Crippen MR) is 164 cm³/mol. The lowest BCUT2D eigenvalue weighted by Crippen LogP contribution is -2.44. The second-order valence-corrected chi connectivity index (χ2v) is 13.2. The van der Waals surface area contributed by atoms with Crippen molar-refractivity contribution < 1.29 is 40.7 Å². The number of hydrogen-bond donors (Lipinski definition) is 0. The van der Waals surface area contributed by atoms with Gasteiger partial charge in [-0.2, -0.15) is 26.3 Å². The molecule has 0 spiro atoms. The standard InChI is InChI=1S/C33H37ClF6N4O3/c1-20-4-6-26(15-29(20)34)44(30(46)22-8-12-42(13-9-22)21(2)45)11-3-10-41-16-23-18-43(19-24(23)17-41)31(47)27-7-5-25(32(35,36)37)14-28(27)33(38,39)40/h4-7,14-15,22-24H,3,8-13,16-19H2,1-2H3. The van der Waals surface area contributed by atoms with Crippen LogP contribution in [0.3, 0.4) is 0 Å². The minimum absolute atomic E-state index is 0.000496. The summed E-state index contributed by atoms with van der Waals surface area (Å²) in [6.45, 7) is 7.21. The summed E-state index contributed by atoms with van der Waals surface area (Å²) in [4.78, 5) is 45.7. The van der Waals surface area contributed by atoms with Crippen LogP contribution in [0.25, 0.3) is 0 Å². The molecule has 0 bridgehead atoms. The largest absolute Gasteiger partial charge is 0.417 e. The van der Waals surface area contributed by atoms with E-state index in [0.29, 0.717) is 81.4 Å². The Labute approximate surface area is 274 Å². The first-order valence-electron chi connectivity index (χ1n) is 15.7. The van der Waals surface area contributed by atoms with Crippen molar-refractivity contribution in [2.75, 3.05) is 57.3 Å². The van der Waals surface area contributed by atoms with Gasteiger partial charge in [-0.05, 0) is 80.5 Å². The van der Waals surface area contributed by atoms with E-state index in [1.165, 1.54) is 11.8 Å². The van der Waals surface area contributed by atoms with Gasteiger partial charge in [-0.25, -0.2) is 0 Å². The zero-order valence-electron chi connectivity index (χ0n) is 26.1. The third-order valence-corrected chi connectivity index (χ3v) is 10.0. The maximum absolute atomic E-state index is 13.7. The highest BCUT2D eigenvalue weighted by molar-refractivity contribution is 6.31. The van der Waals surface area contributed by atoms with Gasteiger partial charge in [0.05, 0.1) is 16.7 Å². The Morgan fingerprint density at radius 1 is 0.872 bits per heavy atom. The summed E-state index contributed by atoms with van der Waals surface area (Å²) in [5.41, 5.74) is -2.24. The fourth-order valence-corrected chi connectivity index (χ4v) is 7.16. The van der Waals surface area contributed by atoms with E-state index >= 15 is 0 Å². The van der Waals surface area contributed by atoms with E-state index in [1.807, 2.05) is 19.1 Å². The Kier molecular flexibility index (Phi) is 10.2. The van der Waals surface area contributed by atoms with E-state index in [1.54, 1.807) is 15.9 Å².